The molecule has 2 heterocycles. The Morgan fingerprint density at radius 2 is 1.79 bits per heavy atom. The molecular formula is C30H35N5O4. The molecule has 0 radical (unpaired) electrons. The fourth-order valence-corrected chi connectivity index (χ4v) is 6.90. The number of rotatable bonds is 7. The minimum absolute atomic E-state index is 0.00541. The van der Waals surface area contributed by atoms with Crippen LogP contribution in [0.3, 0.4) is 0 Å². The minimum atomic E-state index is -1.12. The Labute approximate surface area is 229 Å². The van der Waals surface area contributed by atoms with E-state index in [-0.39, 0.29) is 42.6 Å². The van der Waals surface area contributed by atoms with Crippen LogP contribution in [0.15, 0.2) is 54.6 Å². The van der Waals surface area contributed by atoms with Gasteiger partial charge in [-0.05, 0) is 42.5 Å². The molecule has 4 fully saturated rings. The molecule has 2 amide bonds. The van der Waals surface area contributed by atoms with Gasteiger partial charge in [0.05, 0.1) is 19.6 Å². The van der Waals surface area contributed by atoms with E-state index in [4.69, 9.17) is 6.42 Å². The summed E-state index contributed by atoms with van der Waals surface area (Å²) in [6.45, 7) is 0.873. The number of carbonyl (C=O) groups is 2. The molecule has 2 aromatic carbocycles. The maximum atomic E-state index is 14.3. The summed E-state index contributed by atoms with van der Waals surface area (Å²) in [5, 5.41) is 28.0. The van der Waals surface area contributed by atoms with Crippen molar-refractivity contribution in [3.63, 3.8) is 0 Å². The van der Waals surface area contributed by atoms with Gasteiger partial charge in [0.1, 0.15) is 17.5 Å². The third-order valence-electron chi connectivity index (χ3n) is 8.79. The molecule has 3 N–H and O–H groups in total. The number of terminal acetylenes is 1. The number of nitrogens with one attached hydrogen (secondary N) is 1. The zero-order valence-corrected chi connectivity index (χ0v) is 21.9. The summed E-state index contributed by atoms with van der Waals surface area (Å²) in [4.78, 5) is 31.8. The third-order valence-corrected chi connectivity index (χ3v) is 8.79. The van der Waals surface area contributed by atoms with Crippen LogP contribution in [0.2, 0.25) is 0 Å². The summed E-state index contributed by atoms with van der Waals surface area (Å²) >= 11 is 0. The van der Waals surface area contributed by atoms with E-state index in [0.29, 0.717) is 19.5 Å². The van der Waals surface area contributed by atoms with E-state index in [9.17, 15) is 19.8 Å². The largest absolute Gasteiger partial charge is 0.508 e. The maximum Gasteiger partial charge on any atom is 0.249 e. The Balaban J connectivity index is 1.36. The number of nitrogens with zero attached hydrogens (tertiary/aromatic N) is 4. The van der Waals surface area contributed by atoms with Crippen molar-refractivity contribution < 1.29 is 19.8 Å². The Morgan fingerprint density at radius 1 is 1.08 bits per heavy atom. The molecule has 3 unspecified atom stereocenters. The van der Waals surface area contributed by atoms with Crippen LogP contribution in [0.1, 0.15) is 49.1 Å². The summed E-state index contributed by atoms with van der Waals surface area (Å²) in [5.74, 6) is 2.44. The minimum Gasteiger partial charge on any atom is -0.508 e. The van der Waals surface area contributed by atoms with Gasteiger partial charge < -0.3 is 20.0 Å². The van der Waals surface area contributed by atoms with E-state index >= 15 is 0 Å². The van der Waals surface area contributed by atoms with Crippen LogP contribution in [0.4, 0.5) is 0 Å². The van der Waals surface area contributed by atoms with E-state index in [1.165, 1.54) is 0 Å². The number of phenolic OH excluding ortho intramolecular Hbond substituents is 1. The topological polar surface area (TPSA) is 99.6 Å². The van der Waals surface area contributed by atoms with Crippen LogP contribution in [0, 0.1) is 12.3 Å². The number of hydrazine groups is 1. The van der Waals surface area contributed by atoms with Gasteiger partial charge in [-0.25, -0.2) is 5.01 Å². The van der Waals surface area contributed by atoms with Crippen LogP contribution in [0.25, 0.3) is 0 Å². The number of aliphatic hydroxyl groups is 1. The second kappa shape index (κ2) is 10.3. The lowest BCUT2D eigenvalue weighted by molar-refractivity contribution is -0.248. The lowest BCUT2D eigenvalue weighted by Gasteiger charge is -2.57. The zero-order chi connectivity index (χ0) is 27.1. The van der Waals surface area contributed by atoms with Crippen molar-refractivity contribution in [1.29, 1.82) is 0 Å². The molecule has 2 aliphatic carbocycles. The first-order chi connectivity index (χ1) is 18.9. The van der Waals surface area contributed by atoms with Crippen molar-refractivity contribution in [2.75, 3.05) is 19.6 Å². The Hall–Kier alpha value is -3.42. The smallest absolute Gasteiger partial charge is 0.249 e. The van der Waals surface area contributed by atoms with Gasteiger partial charge in [-0.15, -0.1) is 6.42 Å². The number of hydrogen-bond donors (Lipinski definition) is 3. The lowest BCUT2D eigenvalue weighted by Crippen LogP contribution is -2.79. The fourth-order valence-electron chi connectivity index (χ4n) is 6.90. The van der Waals surface area contributed by atoms with Gasteiger partial charge in [0.2, 0.25) is 11.8 Å². The van der Waals surface area contributed by atoms with E-state index in [0.717, 1.165) is 36.8 Å². The Morgan fingerprint density at radius 3 is 2.49 bits per heavy atom. The quantitative estimate of drug-likeness (QED) is 0.372. The van der Waals surface area contributed by atoms with Crippen molar-refractivity contribution in [2.24, 2.45) is 0 Å². The monoisotopic (exact) mass is 529 g/mol. The number of amides is 2. The highest BCUT2D eigenvalue weighted by molar-refractivity contribution is 5.98. The predicted octanol–water partition coefficient (Wildman–Crippen LogP) is 1.79. The number of aromatic hydroxyl groups is 1. The second-order valence-electron chi connectivity index (χ2n) is 11.1. The standard InChI is InChI=1S/C30H35N5O4/c1-2-16-32-20-27(37)34-26(35(32)29(39)31-18-21-8-4-3-5-9-21)19-33(23-10-6-7-11-23)28(38)30(34)17-25(30)22-12-14-24(36)15-13-22/h1,3-5,8-9,12-15,23,25-26,29,31,36,39H,6-7,10-11,16-20H2/t25?,26-,29?,30?/m0/s1. The molecule has 204 valence electrons. The summed E-state index contributed by atoms with van der Waals surface area (Å²) in [6, 6.07) is 16.8. The lowest BCUT2D eigenvalue weighted by atomic mass is 9.96. The van der Waals surface area contributed by atoms with Gasteiger partial charge in [0.25, 0.3) is 0 Å². The van der Waals surface area contributed by atoms with Crippen LogP contribution in [-0.4, -0.2) is 85.6 Å². The zero-order valence-electron chi connectivity index (χ0n) is 21.9. The molecule has 2 saturated carbocycles. The van der Waals surface area contributed by atoms with E-state index in [2.05, 4.69) is 11.2 Å². The molecule has 1 spiro atoms. The van der Waals surface area contributed by atoms with E-state index < -0.39 is 18.1 Å². The normalized spacial score (nSPS) is 28.5. The highest BCUT2D eigenvalue weighted by Gasteiger charge is 2.72. The molecule has 4 atom stereocenters. The van der Waals surface area contributed by atoms with Crippen LogP contribution in [0.5, 0.6) is 5.75 Å². The number of aliphatic hydroxyl groups excluding tert-OH is 1. The van der Waals surface area contributed by atoms with Gasteiger partial charge in [-0.3, -0.25) is 14.9 Å². The first-order valence-electron chi connectivity index (χ1n) is 13.8. The van der Waals surface area contributed by atoms with Crippen LogP contribution in [-0.2, 0) is 16.1 Å². The molecule has 2 aliphatic heterocycles. The van der Waals surface area contributed by atoms with E-state index in [1.54, 1.807) is 27.1 Å². The Kier molecular flexibility index (Phi) is 6.81. The molecule has 4 aliphatic rings. The number of piperazine rings is 1. The van der Waals surface area contributed by atoms with Gasteiger partial charge in [-0.1, -0.05) is 61.2 Å². The summed E-state index contributed by atoms with van der Waals surface area (Å²) in [7, 11) is 0. The third kappa shape index (κ3) is 4.47. The summed E-state index contributed by atoms with van der Waals surface area (Å²) in [6.07, 6.45) is 8.54. The SMILES string of the molecule is C#CCN1CC(=O)N2[C@H](CN(C3CCCC3)C(=O)C23CC3c2ccc(O)cc2)N1C(O)NCc1ccccc1. The summed E-state index contributed by atoms with van der Waals surface area (Å²) < 4.78 is 0. The molecule has 2 aromatic rings. The Bertz CT molecular complexity index is 1260. The maximum absolute atomic E-state index is 14.3. The number of benzene rings is 2. The first-order valence-corrected chi connectivity index (χ1v) is 13.8. The number of phenols is 1. The van der Waals surface area contributed by atoms with Gasteiger partial charge in [0.15, 0.2) is 6.35 Å². The highest BCUT2D eigenvalue weighted by Crippen LogP contribution is 2.60. The number of carbonyl (C=O) groups excluding carboxylic acids is 2. The van der Waals surface area contributed by atoms with Crippen molar-refractivity contribution >= 4 is 11.8 Å². The highest BCUT2D eigenvalue weighted by atomic mass is 16.3. The molecule has 9 nitrogen and oxygen atoms in total. The van der Waals surface area contributed by atoms with Gasteiger partial charge >= 0.3 is 0 Å². The molecule has 0 bridgehead atoms. The number of fused-ring (bicyclic) bond motifs is 2. The average molecular weight is 530 g/mol. The average Bonchev–Trinajstić information content (AvgIpc) is 3.41. The van der Waals surface area contributed by atoms with Crippen molar-refractivity contribution in [3.8, 4) is 18.1 Å². The fraction of sp³-hybridized carbons (Fsp3) is 0.467. The van der Waals surface area contributed by atoms with Crippen molar-refractivity contribution in [1.82, 2.24) is 25.1 Å². The predicted molar refractivity (Wildman–Crippen MR) is 144 cm³/mol. The van der Waals surface area contributed by atoms with E-state index in [1.807, 2.05) is 47.4 Å². The van der Waals surface area contributed by atoms with Crippen LogP contribution >= 0.6 is 0 Å². The summed E-state index contributed by atoms with van der Waals surface area (Å²) in [5.41, 5.74) is 0.919. The molecule has 0 aromatic heterocycles. The molecule has 39 heavy (non-hydrogen) atoms. The molecule has 2 saturated heterocycles. The van der Waals surface area contributed by atoms with Gasteiger partial charge in [0, 0.05) is 18.5 Å². The van der Waals surface area contributed by atoms with Crippen LogP contribution < -0.4 is 5.32 Å². The van der Waals surface area contributed by atoms with Crippen molar-refractivity contribution in [2.45, 2.75) is 68.7 Å². The van der Waals surface area contributed by atoms with Crippen molar-refractivity contribution in [3.05, 3.63) is 65.7 Å². The molecule has 9 heteroatoms. The van der Waals surface area contributed by atoms with Gasteiger partial charge in [-0.2, -0.15) is 5.01 Å². The number of hydrogen-bond acceptors (Lipinski definition) is 7. The second-order valence-corrected chi connectivity index (χ2v) is 11.1. The molecular weight excluding hydrogens is 494 g/mol. The first kappa shape index (κ1) is 25.8. The molecule has 6 rings (SSSR count).